The van der Waals surface area contributed by atoms with Crippen LogP contribution in [0.4, 0.5) is 5.69 Å². The Kier molecular flexibility index (Phi) is 5.65. The number of piperidine rings is 1. The van der Waals surface area contributed by atoms with E-state index in [0.29, 0.717) is 12.5 Å². The Labute approximate surface area is 143 Å². The van der Waals surface area contributed by atoms with E-state index in [1.165, 1.54) is 0 Å². The van der Waals surface area contributed by atoms with Gasteiger partial charge in [-0.3, -0.25) is 9.59 Å². The molecule has 0 bridgehead atoms. The fourth-order valence-electron chi connectivity index (χ4n) is 3.49. The first kappa shape index (κ1) is 17.8. The summed E-state index contributed by atoms with van der Waals surface area (Å²) < 4.78 is 0. The third-order valence-electron chi connectivity index (χ3n) is 4.81. The maximum absolute atomic E-state index is 12.9. The molecule has 0 radical (unpaired) electrons. The van der Waals surface area contributed by atoms with Gasteiger partial charge in [-0.2, -0.15) is 0 Å². The number of fused-ring (bicyclic) bond motifs is 1. The van der Waals surface area contributed by atoms with Gasteiger partial charge in [0.15, 0.2) is 0 Å². The number of amides is 2. The Morgan fingerprint density at radius 3 is 2.87 bits per heavy atom. The van der Waals surface area contributed by atoms with Gasteiger partial charge in [-0.15, -0.1) is 12.4 Å². The number of likely N-dealkylation sites (tertiary alicyclic amines) is 1. The molecule has 1 aromatic rings. The summed E-state index contributed by atoms with van der Waals surface area (Å²) in [5.74, 6) is -0.0346. The van der Waals surface area contributed by atoms with Crippen molar-refractivity contribution in [3.8, 4) is 0 Å². The molecule has 2 aliphatic heterocycles. The van der Waals surface area contributed by atoms with Crippen LogP contribution in [-0.2, 0) is 9.59 Å². The van der Waals surface area contributed by atoms with E-state index in [9.17, 15) is 9.59 Å². The first-order valence-electron chi connectivity index (χ1n) is 7.99. The van der Waals surface area contributed by atoms with Crippen LogP contribution < -0.4 is 11.1 Å². The van der Waals surface area contributed by atoms with E-state index in [-0.39, 0.29) is 42.6 Å². The number of nitrogens with zero attached hydrogens (tertiary/aromatic N) is 1. The minimum atomic E-state index is -0.364. The number of hydrogen-bond acceptors (Lipinski definition) is 3. The van der Waals surface area contributed by atoms with Crippen molar-refractivity contribution in [2.24, 2.45) is 11.7 Å². The number of carbonyl (C=O) groups is 2. The molecule has 2 amide bonds. The number of hydrogen-bond donors (Lipinski definition) is 2. The van der Waals surface area contributed by atoms with Crippen LogP contribution in [0.1, 0.15) is 37.7 Å². The van der Waals surface area contributed by atoms with Crippen LogP contribution in [0.15, 0.2) is 24.3 Å². The molecule has 0 saturated carbocycles. The minimum Gasteiger partial charge on any atom is -0.342 e. The van der Waals surface area contributed by atoms with E-state index in [1.807, 2.05) is 36.1 Å². The van der Waals surface area contributed by atoms with Gasteiger partial charge in [0.25, 0.3) is 0 Å². The van der Waals surface area contributed by atoms with Crippen LogP contribution in [0.5, 0.6) is 0 Å². The van der Waals surface area contributed by atoms with Gasteiger partial charge in [0.2, 0.25) is 11.8 Å². The Morgan fingerprint density at radius 2 is 2.13 bits per heavy atom. The molecule has 3 N–H and O–H groups in total. The molecule has 2 aliphatic rings. The lowest BCUT2D eigenvalue weighted by molar-refractivity contribution is -0.136. The summed E-state index contributed by atoms with van der Waals surface area (Å²) in [4.78, 5) is 26.7. The smallest absolute Gasteiger partial charge is 0.230 e. The van der Waals surface area contributed by atoms with Crippen molar-refractivity contribution >= 4 is 29.9 Å². The molecule has 1 aromatic carbocycles. The number of nitrogens with one attached hydrogen (secondary N) is 1. The molecule has 3 atom stereocenters. The molecule has 23 heavy (non-hydrogen) atoms. The second-order valence-corrected chi connectivity index (χ2v) is 6.44. The Balaban J connectivity index is 0.00000192. The Bertz CT molecular complexity index is 591. The first-order chi connectivity index (χ1) is 10.6. The lowest BCUT2D eigenvalue weighted by Gasteiger charge is -2.37. The van der Waals surface area contributed by atoms with E-state index in [0.717, 1.165) is 30.6 Å². The zero-order chi connectivity index (χ0) is 15.7. The van der Waals surface area contributed by atoms with Crippen molar-refractivity contribution < 1.29 is 9.59 Å². The van der Waals surface area contributed by atoms with Crippen LogP contribution in [0.25, 0.3) is 0 Å². The predicted molar refractivity (Wildman–Crippen MR) is 92.6 cm³/mol. The summed E-state index contributed by atoms with van der Waals surface area (Å²) in [6.45, 7) is 3.47. The van der Waals surface area contributed by atoms with Gasteiger partial charge in [-0.1, -0.05) is 18.2 Å². The predicted octanol–water partition coefficient (Wildman–Crippen LogP) is 2.12. The number of nitrogens with two attached hydrogens (primary N) is 1. The highest BCUT2D eigenvalue weighted by atomic mass is 35.5. The monoisotopic (exact) mass is 337 g/mol. The lowest BCUT2D eigenvalue weighted by atomic mass is 9.87. The van der Waals surface area contributed by atoms with E-state index < -0.39 is 0 Å². The van der Waals surface area contributed by atoms with E-state index in [2.05, 4.69) is 5.32 Å². The molecule has 5 nitrogen and oxygen atoms in total. The fourth-order valence-corrected chi connectivity index (χ4v) is 3.49. The number of halogens is 1. The van der Waals surface area contributed by atoms with Crippen molar-refractivity contribution in [1.29, 1.82) is 0 Å². The van der Waals surface area contributed by atoms with Crippen LogP contribution in [-0.4, -0.2) is 35.8 Å². The van der Waals surface area contributed by atoms with E-state index in [1.54, 1.807) is 0 Å². The van der Waals surface area contributed by atoms with Crippen LogP contribution in [0.2, 0.25) is 0 Å². The zero-order valence-corrected chi connectivity index (χ0v) is 14.1. The maximum Gasteiger partial charge on any atom is 0.230 e. The van der Waals surface area contributed by atoms with Gasteiger partial charge < -0.3 is 16.0 Å². The normalized spacial score (nSPS) is 25.0. The maximum atomic E-state index is 12.9. The Hall–Kier alpha value is -1.59. The summed E-state index contributed by atoms with van der Waals surface area (Å²) in [7, 11) is 0. The third-order valence-corrected chi connectivity index (χ3v) is 4.81. The molecule has 6 heteroatoms. The van der Waals surface area contributed by atoms with Crippen LogP contribution in [0.3, 0.4) is 0 Å². The molecule has 0 spiro atoms. The van der Waals surface area contributed by atoms with Crippen LogP contribution >= 0.6 is 12.4 Å². The van der Waals surface area contributed by atoms with Gasteiger partial charge in [-0.25, -0.2) is 0 Å². The quantitative estimate of drug-likeness (QED) is 0.868. The van der Waals surface area contributed by atoms with Crippen molar-refractivity contribution in [3.63, 3.8) is 0 Å². The van der Waals surface area contributed by atoms with Gasteiger partial charge in [-0.05, 0) is 37.3 Å². The van der Waals surface area contributed by atoms with Crippen molar-refractivity contribution in [2.45, 2.75) is 38.1 Å². The summed E-state index contributed by atoms with van der Waals surface area (Å²) in [5, 5.41) is 2.84. The largest absolute Gasteiger partial charge is 0.342 e. The second-order valence-electron chi connectivity index (χ2n) is 6.44. The molecule has 3 rings (SSSR count). The van der Waals surface area contributed by atoms with Crippen LogP contribution in [0, 0.1) is 5.92 Å². The average molecular weight is 338 g/mol. The zero-order valence-electron chi connectivity index (χ0n) is 13.3. The highest BCUT2D eigenvalue weighted by Gasteiger charge is 2.35. The number of anilines is 1. The SMILES string of the molecule is CC(N)C1CCCN(C(=O)C2CC(=O)Nc3ccccc32)C1.Cl. The van der Waals surface area contributed by atoms with Crippen molar-refractivity contribution in [2.75, 3.05) is 18.4 Å². The molecular formula is C17H24ClN3O2. The summed E-state index contributed by atoms with van der Waals surface area (Å²) in [6.07, 6.45) is 2.29. The van der Waals surface area contributed by atoms with Gasteiger partial charge in [0.05, 0.1) is 5.92 Å². The van der Waals surface area contributed by atoms with E-state index >= 15 is 0 Å². The number of para-hydroxylation sites is 1. The van der Waals surface area contributed by atoms with Crippen molar-refractivity contribution in [3.05, 3.63) is 29.8 Å². The molecule has 1 saturated heterocycles. The third kappa shape index (κ3) is 3.67. The molecule has 0 aliphatic carbocycles. The standard InChI is InChI=1S/C17H23N3O2.ClH/c1-11(18)12-5-4-8-20(10-12)17(22)14-9-16(21)19-15-7-3-2-6-13(14)15;/h2-3,6-7,11-12,14H,4-5,8-10,18H2,1H3,(H,19,21);1H. The summed E-state index contributed by atoms with van der Waals surface area (Å²) in [6, 6.07) is 7.67. The molecule has 126 valence electrons. The average Bonchev–Trinajstić information content (AvgIpc) is 2.53. The summed E-state index contributed by atoms with van der Waals surface area (Å²) in [5.41, 5.74) is 7.69. The number of carbonyl (C=O) groups excluding carboxylic acids is 2. The molecule has 2 heterocycles. The molecule has 0 aromatic heterocycles. The molecule has 1 fully saturated rings. The fraction of sp³-hybridized carbons (Fsp3) is 0.529. The Morgan fingerprint density at radius 1 is 1.39 bits per heavy atom. The molecular weight excluding hydrogens is 314 g/mol. The topological polar surface area (TPSA) is 75.4 Å². The second kappa shape index (κ2) is 7.32. The minimum absolute atomic E-state index is 0. The first-order valence-corrected chi connectivity index (χ1v) is 7.99. The molecule has 3 unspecified atom stereocenters. The number of benzene rings is 1. The van der Waals surface area contributed by atoms with Crippen molar-refractivity contribution in [1.82, 2.24) is 4.90 Å². The summed E-state index contributed by atoms with van der Waals surface area (Å²) >= 11 is 0. The highest BCUT2D eigenvalue weighted by molar-refractivity contribution is 6.01. The van der Waals surface area contributed by atoms with Gasteiger partial charge >= 0.3 is 0 Å². The number of rotatable bonds is 2. The van der Waals surface area contributed by atoms with Gasteiger partial charge in [0, 0.05) is 31.2 Å². The van der Waals surface area contributed by atoms with E-state index in [4.69, 9.17) is 5.73 Å². The van der Waals surface area contributed by atoms with Gasteiger partial charge in [0.1, 0.15) is 0 Å². The highest BCUT2D eigenvalue weighted by Crippen LogP contribution is 2.34. The lowest BCUT2D eigenvalue weighted by Crippen LogP contribution is -2.47.